The molecular weight excluding hydrogens is 276 g/mol. The van der Waals surface area contributed by atoms with Gasteiger partial charge < -0.3 is 10.5 Å². The van der Waals surface area contributed by atoms with E-state index in [1.54, 1.807) is 0 Å². The van der Waals surface area contributed by atoms with Gasteiger partial charge >= 0.3 is 0 Å². The van der Waals surface area contributed by atoms with Crippen molar-refractivity contribution in [2.24, 2.45) is 5.73 Å². The van der Waals surface area contributed by atoms with E-state index in [1.807, 2.05) is 24.3 Å². The molecule has 0 spiro atoms. The van der Waals surface area contributed by atoms with Gasteiger partial charge in [-0.25, -0.2) is 0 Å². The second kappa shape index (κ2) is 5.69. The van der Waals surface area contributed by atoms with E-state index in [9.17, 15) is 10.1 Å². The van der Waals surface area contributed by atoms with Crippen LogP contribution in [0.25, 0.3) is 0 Å². The molecule has 1 aliphatic heterocycles. The fraction of sp³-hybridized carbons (Fsp3) is 0.333. The zero-order valence-electron chi connectivity index (χ0n) is 12.6. The summed E-state index contributed by atoms with van der Waals surface area (Å²) < 4.78 is 5.55. The van der Waals surface area contributed by atoms with Crippen LogP contribution in [-0.2, 0) is 16.0 Å². The van der Waals surface area contributed by atoms with E-state index in [0.29, 0.717) is 29.7 Å². The number of carbonyl (C=O) groups excluding carboxylic acids is 1. The maximum absolute atomic E-state index is 12.4. The van der Waals surface area contributed by atoms with Crippen molar-refractivity contribution in [1.82, 2.24) is 0 Å². The maximum Gasteiger partial charge on any atom is 0.205 e. The molecule has 0 radical (unpaired) electrons. The number of carbonyl (C=O) groups is 1. The lowest BCUT2D eigenvalue weighted by Gasteiger charge is -2.31. The van der Waals surface area contributed by atoms with Crippen LogP contribution < -0.4 is 5.73 Å². The molecule has 1 atom stereocenters. The fourth-order valence-corrected chi connectivity index (χ4v) is 3.14. The highest BCUT2D eigenvalue weighted by molar-refractivity contribution is 5.99. The Labute approximate surface area is 129 Å². The van der Waals surface area contributed by atoms with Crippen LogP contribution in [0.3, 0.4) is 0 Å². The van der Waals surface area contributed by atoms with Crippen molar-refractivity contribution in [2.45, 2.75) is 38.5 Å². The summed E-state index contributed by atoms with van der Waals surface area (Å²) in [6.07, 6.45) is 2.92. The Hall–Kier alpha value is -2.54. The molecule has 0 bridgehead atoms. The average molecular weight is 294 g/mol. The summed E-state index contributed by atoms with van der Waals surface area (Å²) >= 11 is 0. The Morgan fingerprint density at radius 3 is 2.68 bits per heavy atom. The summed E-state index contributed by atoms with van der Waals surface area (Å²) in [7, 11) is 0. The summed E-state index contributed by atoms with van der Waals surface area (Å²) in [4.78, 5) is 12.4. The van der Waals surface area contributed by atoms with Crippen LogP contribution in [0.15, 0.2) is 47.1 Å². The summed E-state index contributed by atoms with van der Waals surface area (Å²) in [5.74, 6) is 0.427. The molecule has 0 saturated heterocycles. The zero-order valence-corrected chi connectivity index (χ0v) is 12.6. The lowest BCUT2D eigenvalue weighted by Crippen LogP contribution is -2.27. The van der Waals surface area contributed by atoms with Crippen LogP contribution in [0.1, 0.15) is 43.2 Å². The quantitative estimate of drug-likeness (QED) is 0.909. The van der Waals surface area contributed by atoms with Gasteiger partial charge in [-0.2, -0.15) is 5.26 Å². The SMILES string of the molecule is CCc1ccc([C@@H]2C(C#N)=C(N)OC3=C2C(=O)CCC3)cc1. The monoisotopic (exact) mass is 294 g/mol. The zero-order chi connectivity index (χ0) is 15.7. The van der Waals surface area contributed by atoms with Crippen molar-refractivity contribution in [1.29, 1.82) is 5.26 Å². The number of nitrogens with zero attached hydrogens (tertiary/aromatic N) is 1. The number of allylic oxidation sites excluding steroid dienone is 3. The predicted molar refractivity (Wildman–Crippen MR) is 82.4 cm³/mol. The topological polar surface area (TPSA) is 76.1 Å². The van der Waals surface area contributed by atoms with Crippen LogP contribution in [0.2, 0.25) is 0 Å². The number of ether oxygens (including phenoxy) is 1. The molecule has 3 rings (SSSR count). The predicted octanol–water partition coefficient (Wildman–Crippen LogP) is 3.06. The highest BCUT2D eigenvalue weighted by Gasteiger charge is 2.37. The van der Waals surface area contributed by atoms with E-state index >= 15 is 0 Å². The number of Topliss-reactive ketones (excluding diaryl/α,β-unsaturated/α-hetero) is 1. The molecule has 4 nitrogen and oxygen atoms in total. The number of nitriles is 1. The first-order chi connectivity index (χ1) is 10.7. The third-order valence-corrected chi connectivity index (χ3v) is 4.33. The Morgan fingerprint density at radius 2 is 2.05 bits per heavy atom. The molecule has 0 fully saturated rings. The molecule has 22 heavy (non-hydrogen) atoms. The minimum absolute atomic E-state index is 0.0612. The van der Waals surface area contributed by atoms with Crippen LogP contribution in [0.5, 0.6) is 0 Å². The first-order valence-corrected chi connectivity index (χ1v) is 7.58. The van der Waals surface area contributed by atoms with Crippen LogP contribution in [0.4, 0.5) is 0 Å². The standard InChI is InChI=1S/C18H18N2O2/c1-2-11-6-8-12(9-7-11)16-13(10-19)18(20)22-15-5-3-4-14(21)17(15)16/h6-9,16H,2-5,20H2,1H3/t16-/m1/s1. The smallest absolute Gasteiger partial charge is 0.205 e. The Kier molecular flexibility index (Phi) is 3.72. The van der Waals surface area contributed by atoms with Gasteiger partial charge in [0.05, 0.1) is 5.92 Å². The lowest BCUT2D eigenvalue weighted by atomic mass is 9.77. The van der Waals surface area contributed by atoms with Gasteiger partial charge in [0.15, 0.2) is 5.78 Å². The highest BCUT2D eigenvalue weighted by Crippen LogP contribution is 2.43. The van der Waals surface area contributed by atoms with Gasteiger partial charge in [0.1, 0.15) is 17.4 Å². The van der Waals surface area contributed by atoms with Gasteiger partial charge in [-0.15, -0.1) is 0 Å². The van der Waals surface area contributed by atoms with Gasteiger partial charge in [0, 0.05) is 18.4 Å². The lowest BCUT2D eigenvalue weighted by molar-refractivity contribution is -0.116. The Bertz CT molecular complexity index is 720. The molecule has 1 aromatic rings. The molecule has 0 unspecified atom stereocenters. The van der Waals surface area contributed by atoms with Crippen molar-refractivity contribution >= 4 is 5.78 Å². The van der Waals surface area contributed by atoms with E-state index in [-0.39, 0.29) is 11.7 Å². The fourth-order valence-electron chi connectivity index (χ4n) is 3.14. The van der Waals surface area contributed by atoms with Gasteiger partial charge in [-0.1, -0.05) is 31.2 Å². The van der Waals surface area contributed by atoms with Crippen molar-refractivity contribution in [3.8, 4) is 6.07 Å². The summed E-state index contributed by atoms with van der Waals surface area (Å²) in [6, 6.07) is 10.1. The second-order valence-corrected chi connectivity index (χ2v) is 5.63. The third kappa shape index (κ3) is 2.29. The first-order valence-electron chi connectivity index (χ1n) is 7.58. The summed E-state index contributed by atoms with van der Waals surface area (Å²) in [5, 5.41) is 9.47. The highest BCUT2D eigenvalue weighted by atomic mass is 16.5. The number of aryl methyl sites for hydroxylation is 1. The number of benzene rings is 1. The molecular formula is C18H18N2O2. The minimum Gasteiger partial charge on any atom is -0.444 e. The van der Waals surface area contributed by atoms with E-state index in [0.717, 1.165) is 18.4 Å². The van der Waals surface area contributed by atoms with E-state index in [2.05, 4.69) is 13.0 Å². The largest absolute Gasteiger partial charge is 0.444 e. The van der Waals surface area contributed by atoms with E-state index < -0.39 is 5.92 Å². The molecule has 1 aromatic carbocycles. The number of nitrogens with two attached hydrogens (primary N) is 1. The molecule has 2 aliphatic rings. The third-order valence-electron chi connectivity index (χ3n) is 4.33. The van der Waals surface area contributed by atoms with Gasteiger partial charge in [-0.3, -0.25) is 4.79 Å². The van der Waals surface area contributed by atoms with Crippen molar-refractivity contribution in [2.75, 3.05) is 0 Å². The summed E-state index contributed by atoms with van der Waals surface area (Å²) in [6.45, 7) is 2.09. The minimum atomic E-state index is -0.396. The molecule has 0 aromatic heterocycles. The van der Waals surface area contributed by atoms with Crippen molar-refractivity contribution in [3.63, 3.8) is 0 Å². The first kappa shape index (κ1) is 14.4. The number of rotatable bonds is 2. The van der Waals surface area contributed by atoms with Gasteiger partial charge in [-0.05, 0) is 24.0 Å². The molecule has 112 valence electrons. The number of ketones is 1. The van der Waals surface area contributed by atoms with E-state index in [1.165, 1.54) is 5.56 Å². The Morgan fingerprint density at radius 1 is 1.32 bits per heavy atom. The van der Waals surface area contributed by atoms with Crippen molar-refractivity contribution in [3.05, 3.63) is 58.2 Å². The molecule has 1 heterocycles. The van der Waals surface area contributed by atoms with Crippen molar-refractivity contribution < 1.29 is 9.53 Å². The molecule has 0 amide bonds. The normalized spacial score (nSPS) is 21.3. The van der Waals surface area contributed by atoms with Crippen LogP contribution >= 0.6 is 0 Å². The molecule has 1 aliphatic carbocycles. The maximum atomic E-state index is 12.4. The van der Waals surface area contributed by atoms with E-state index in [4.69, 9.17) is 10.5 Å². The van der Waals surface area contributed by atoms with Crippen LogP contribution in [-0.4, -0.2) is 5.78 Å². The van der Waals surface area contributed by atoms with Gasteiger partial charge in [0.2, 0.25) is 5.88 Å². The molecule has 4 heteroatoms. The second-order valence-electron chi connectivity index (χ2n) is 5.63. The number of hydrogen-bond acceptors (Lipinski definition) is 4. The van der Waals surface area contributed by atoms with Crippen LogP contribution in [0, 0.1) is 11.3 Å². The number of hydrogen-bond donors (Lipinski definition) is 1. The molecule has 2 N–H and O–H groups in total. The Balaban J connectivity index is 2.13. The summed E-state index contributed by atoms with van der Waals surface area (Å²) in [5.41, 5.74) is 9.00. The molecule has 0 saturated carbocycles. The average Bonchev–Trinajstić information content (AvgIpc) is 2.54. The van der Waals surface area contributed by atoms with Gasteiger partial charge in [0.25, 0.3) is 0 Å².